The quantitative estimate of drug-likeness (QED) is 0.689. The van der Waals surface area contributed by atoms with E-state index in [9.17, 15) is 13.2 Å². The van der Waals surface area contributed by atoms with E-state index in [1.807, 2.05) is 0 Å². The van der Waals surface area contributed by atoms with Gasteiger partial charge in [-0.3, -0.25) is 9.10 Å². The Labute approximate surface area is 175 Å². The SMILES string of the molecule is C[C@@H]1CCCN(C(=O)CN(c2cccc(Cl)c2Cl)S(=O)(=O)c2ccccc2)C1. The van der Waals surface area contributed by atoms with Crippen molar-refractivity contribution < 1.29 is 13.2 Å². The van der Waals surface area contributed by atoms with Crippen molar-refractivity contribution in [1.29, 1.82) is 0 Å². The zero-order valence-corrected chi connectivity index (χ0v) is 17.8. The van der Waals surface area contributed by atoms with Crippen molar-refractivity contribution in [2.45, 2.75) is 24.7 Å². The Morgan fingerprint density at radius 3 is 2.54 bits per heavy atom. The van der Waals surface area contributed by atoms with Crippen molar-refractivity contribution in [3.8, 4) is 0 Å². The molecule has 0 aromatic heterocycles. The fourth-order valence-electron chi connectivity index (χ4n) is 3.34. The lowest BCUT2D eigenvalue weighted by atomic mass is 10.0. The van der Waals surface area contributed by atoms with Crippen LogP contribution < -0.4 is 4.31 Å². The number of halogens is 2. The summed E-state index contributed by atoms with van der Waals surface area (Å²) in [7, 11) is -4.00. The molecule has 1 fully saturated rings. The molecule has 1 saturated heterocycles. The van der Waals surface area contributed by atoms with Gasteiger partial charge in [0.25, 0.3) is 10.0 Å². The van der Waals surface area contributed by atoms with Crippen LogP contribution in [0.3, 0.4) is 0 Å². The maximum absolute atomic E-state index is 13.3. The van der Waals surface area contributed by atoms with Crippen LogP contribution in [0, 0.1) is 5.92 Å². The van der Waals surface area contributed by atoms with Gasteiger partial charge in [0.15, 0.2) is 0 Å². The summed E-state index contributed by atoms with van der Waals surface area (Å²) < 4.78 is 27.7. The molecule has 28 heavy (non-hydrogen) atoms. The van der Waals surface area contributed by atoms with Crippen LogP contribution in [0.15, 0.2) is 53.4 Å². The molecule has 0 spiro atoms. The Morgan fingerprint density at radius 1 is 1.14 bits per heavy atom. The predicted octanol–water partition coefficient (Wildman–Crippen LogP) is 4.45. The number of piperidine rings is 1. The summed E-state index contributed by atoms with van der Waals surface area (Å²) in [4.78, 5) is 14.8. The summed E-state index contributed by atoms with van der Waals surface area (Å²) >= 11 is 12.4. The summed E-state index contributed by atoms with van der Waals surface area (Å²) in [5, 5.41) is 0.329. The third-order valence-electron chi connectivity index (χ3n) is 4.82. The predicted molar refractivity (Wildman–Crippen MR) is 112 cm³/mol. The molecule has 1 amide bonds. The third-order valence-corrected chi connectivity index (χ3v) is 7.40. The molecule has 0 aliphatic carbocycles. The highest BCUT2D eigenvalue weighted by Gasteiger charge is 2.31. The average Bonchev–Trinajstić information content (AvgIpc) is 2.69. The van der Waals surface area contributed by atoms with E-state index in [0.717, 1.165) is 17.1 Å². The molecule has 0 radical (unpaired) electrons. The van der Waals surface area contributed by atoms with E-state index in [4.69, 9.17) is 23.2 Å². The Bertz CT molecular complexity index is 951. The molecule has 1 atom stereocenters. The molecule has 2 aromatic rings. The maximum atomic E-state index is 13.3. The van der Waals surface area contributed by atoms with Gasteiger partial charge in [0.1, 0.15) is 6.54 Å². The lowest BCUT2D eigenvalue weighted by molar-refractivity contribution is -0.131. The van der Waals surface area contributed by atoms with Crippen molar-refractivity contribution in [3.63, 3.8) is 0 Å². The van der Waals surface area contributed by atoms with Gasteiger partial charge in [-0.15, -0.1) is 0 Å². The van der Waals surface area contributed by atoms with Crippen molar-refractivity contribution in [2.24, 2.45) is 5.92 Å². The monoisotopic (exact) mass is 440 g/mol. The van der Waals surface area contributed by atoms with Crippen LogP contribution in [0.25, 0.3) is 0 Å². The fraction of sp³-hybridized carbons (Fsp3) is 0.350. The number of benzene rings is 2. The highest BCUT2D eigenvalue weighted by Crippen LogP contribution is 2.35. The first-order valence-electron chi connectivity index (χ1n) is 9.10. The minimum absolute atomic E-state index is 0.0888. The van der Waals surface area contributed by atoms with Crippen LogP contribution in [0.4, 0.5) is 5.69 Å². The largest absolute Gasteiger partial charge is 0.341 e. The van der Waals surface area contributed by atoms with Crippen LogP contribution >= 0.6 is 23.2 Å². The van der Waals surface area contributed by atoms with Gasteiger partial charge in [0, 0.05) is 13.1 Å². The molecule has 1 aliphatic rings. The van der Waals surface area contributed by atoms with Crippen molar-refractivity contribution in [3.05, 3.63) is 58.6 Å². The molecular formula is C20H22Cl2N2O3S. The minimum Gasteiger partial charge on any atom is -0.341 e. The Hall–Kier alpha value is -1.76. The molecule has 3 rings (SSSR count). The Balaban J connectivity index is 2.00. The molecule has 0 N–H and O–H groups in total. The van der Waals surface area contributed by atoms with E-state index >= 15 is 0 Å². The molecular weight excluding hydrogens is 419 g/mol. The molecule has 0 saturated carbocycles. The second-order valence-corrected chi connectivity index (χ2v) is 9.63. The van der Waals surface area contributed by atoms with E-state index in [-0.39, 0.29) is 33.1 Å². The van der Waals surface area contributed by atoms with Gasteiger partial charge < -0.3 is 4.90 Å². The highest BCUT2D eigenvalue weighted by atomic mass is 35.5. The van der Waals surface area contributed by atoms with E-state index in [2.05, 4.69) is 6.92 Å². The van der Waals surface area contributed by atoms with E-state index in [1.54, 1.807) is 41.3 Å². The van der Waals surface area contributed by atoms with Gasteiger partial charge in [-0.05, 0) is 43.0 Å². The lowest BCUT2D eigenvalue weighted by Gasteiger charge is -2.33. The first-order chi connectivity index (χ1) is 13.3. The molecule has 0 unspecified atom stereocenters. The number of hydrogen-bond acceptors (Lipinski definition) is 3. The second kappa shape index (κ2) is 8.72. The maximum Gasteiger partial charge on any atom is 0.264 e. The first-order valence-corrected chi connectivity index (χ1v) is 11.3. The number of amides is 1. The number of anilines is 1. The van der Waals surface area contributed by atoms with Gasteiger partial charge in [0.2, 0.25) is 5.91 Å². The van der Waals surface area contributed by atoms with Crippen molar-refractivity contribution in [2.75, 3.05) is 23.9 Å². The molecule has 8 heteroatoms. The molecule has 150 valence electrons. The van der Waals surface area contributed by atoms with Crippen molar-refractivity contribution in [1.82, 2.24) is 4.90 Å². The number of carbonyl (C=O) groups excluding carboxylic acids is 1. The number of carbonyl (C=O) groups is 1. The molecule has 1 heterocycles. The zero-order chi connectivity index (χ0) is 20.3. The van der Waals surface area contributed by atoms with Crippen LogP contribution in [-0.4, -0.2) is 38.9 Å². The van der Waals surface area contributed by atoms with Crippen LogP contribution in [0.2, 0.25) is 10.0 Å². The smallest absolute Gasteiger partial charge is 0.264 e. The molecule has 2 aromatic carbocycles. The second-order valence-electron chi connectivity index (χ2n) is 6.98. The van der Waals surface area contributed by atoms with Gasteiger partial charge in [-0.2, -0.15) is 0 Å². The summed E-state index contributed by atoms with van der Waals surface area (Å²) in [6.07, 6.45) is 1.98. The van der Waals surface area contributed by atoms with Crippen LogP contribution in [0.1, 0.15) is 19.8 Å². The van der Waals surface area contributed by atoms with E-state index < -0.39 is 10.0 Å². The molecule has 0 bridgehead atoms. The molecule has 1 aliphatic heterocycles. The van der Waals surface area contributed by atoms with E-state index in [1.165, 1.54) is 12.1 Å². The number of sulfonamides is 1. The topological polar surface area (TPSA) is 57.7 Å². The number of likely N-dealkylation sites (tertiary alicyclic amines) is 1. The number of hydrogen-bond donors (Lipinski definition) is 0. The lowest BCUT2D eigenvalue weighted by Crippen LogP contribution is -2.46. The minimum atomic E-state index is -4.00. The summed E-state index contributed by atoms with van der Waals surface area (Å²) in [5.41, 5.74) is 0.191. The first kappa shape index (κ1) is 21.0. The zero-order valence-electron chi connectivity index (χ0n) is 15.5. The van der Waals surface area contributed by atoms with Gasteiger partial charge >= 0.3 is 0 Å². The van der Waals surface area contributed by atoms with Gasteiger partial charge in [-0.1, -0.05) is 54.4 Å². The van der Waals surface area contributed by atoms with Crippen LogP contribution in [-0.2, 0) is 14.8 Å². The Kier molecular flexibility index (Phi) is 6.53. The van der Waals surface area contributed by atoms with Gasteiger partial charge in [0.05, 0.1) is 20.6 Å². The molecule has 5 nitrogen and oxygen atoms in total. The summed E-state index contributed by atoms with van der Waals surface area (Å²) in [6, 6.07) is 12.7. The standard InChI is InChI=1S/C20H22Cl2N2O3S/c1-15-7-6-12-23(13-15)19(25)14-24(18-11-5-10-17(21)20(18)22)28(26,27)16-8-3-2-4-9-16/h2-5,8-11,15H,6-7,12-14H2,1H3/t15-/m1/s1. The van der Waals surface area contributed by atoms with Crippen LogP contribution in [0.5, 0.6) is 0 Å². The number of nitrogens with zero attached hydrogens (tertiary/aromatic N) is 2. The average molecular weight is 441 g/mol. The van der Waals surface area contributed by atoms with Gasteiger partial charge in [-0.25, -0.2) is 8.42 Å². The summed E-state index contributed by atoms with van der Waals surface area (Å²) in [5.74, 6) is 0.147. The highest BCUT2D eigenvalue weighted by molar-refractivity contribution is 7.92. The number of rotatable bonds is 5. The summed E-state index contributed by atoms with van der Waals surface area (Å²) in [6.45, 7) is 3.02. The van der Waals surface area contributed by atoms with E-state index in [0.29, 0.717) is 19.0 Å². The fourth-order valence-corrected chi connectivity index (χ4v) is 5.24. The third kappa shape index (κ3) is 4.45. The Morgan fingerprint density at radius 2 is 1.86 bits per heavy atom. The van der Waals surface area contributed by atoms with Crippen molar-refractivity contribution >= 4 is 44.8 Å². The normalized spacial score (nSPS) is 17.4.